The molecular formula is C16H26N2O. The van der Waals surface area contributed by atoms with E-state index in [-0.39, 0.29) is 6.04 Å². The molecule has 2 rings (SSSR count). The Balaban J connectivity index is 1.87. The van der Waals surface area contributed by atoms with Crippen molar-refractivity contribution < 1.29 is 4.74 Å². The number of hydrogen-bond donors (Lipinski definition) is 1. The van der Waals surface area contributed by atoms with Crippen LogP contribution in [0.4, 0.5) is 0 Å². The third-order valence-corrected chi connectivity index (χ3v) is 3.90. The van der Waals surface area contributed by atoms with Crippen LogP contribution in [0.5, 0.6) is 5.75 Å². The minimum Gasteiger partial charge on any atom is -0.496 e. The zero-order valence-corrected chi connectivity index (χ0v) is 12.2. The topological polar surface area (TPSA) is 38.5 Å². The molecule has 1 heterocycles. The van der Waals surface area contributed by atoms with Crippen molar-refractivity contribution in [3.63, 3.8) is 0 Å². The van der Waals surface area contributed by atoms with Crippen molar-refractivity contribution in [2.45, 2.75) is 38.6 Å². The fourth-order valence-corrected chi connectivity index (χ4v) is 2.91. The summed E-state index contributed by atoms with van der Waals surface area (Å²) in [7, 11) is 1.71. The van der Waals surface area contributed by atoms with Gasteiger partial charge >= 0.3 is 0 Å². The van der Waals surface area contributed by atoms with Gasteiger partial charge in [0.1, 0.15) is 5.75 Å². The highest BCUT2D eigenvalue weighted by molar-refractivity contribution is 5.36. The van der Waals surface area contributed by atoms with E-state index >= 15 is 0 Å². The molecule has 1 aliphatic rings. The Morgan fingerprint density at radius 3 is 2.63 bits per heavy atom. The van der Waals surface area contributed by atoms with Crippen LogP contribution >= 0.6 is 0 Å². The zero-order valence-electron chi connectivity index (χ0n) is 12.2. The van der Waals surface area contributed by atoms with E-state index in [0.29, 0.717) is 0 Å². The minimum absolute atomic E-state index is 0.228. The van der Waals surface area contributed by atoms with E-state index in [1.54, 1.807) is 7.11 Å². The summed E-state index contributed by atoms with van der Waals surface area (Å²) in [5.41, 5.74) is 8.78. The van der Waals surface area contributed by atoms with Gasteiger partial charge in [-0.3, -0.25) is 0 Å². The Morgan fingerprint density at radius 2 is 2.00 bits per heavy atom. The van der Waals surface area contributed by atoms with Gasteiger partial charge in [0.05, 0.1) is 7.11 Å². The molecule has 1 fully saturated rings. The third kappa shape index (κ3) is 4.22. The highest BCUT2D eigenvalue weighted by Gasteiger charge is 2.14. The van der Waals surface area contributed by atoms with E-state index < -0.39 is 0 Å². The van der Waals surface area contributed by atoms with Gasteiger partial charge in [-0.05, 0) is 56.5 Å². The molecule has 0 aliphatic carbocycles. The average molecular weight is 262 g/mol. The lowest BCUT2D eigenvalue weighted by atomic mass is 10.0. The number of benzene rings is 1. The van der Waals surface area contributed by atoms with Crippen LogP contribution in [0.1, 0.15) is 30.4 Å². The van der Waals surface area contributed by atoms with Gasteiger partial charge in [0.2, 0.25) is 0 Å². The molecule has 0 spiro atoms. The molecule has 1 atom stereocenters. The Kier molecular flexibility index (Phi) is 5.23. The smallest absolute Gasteiger partial charge is 0.121 e. The second-order valence-electron chi connectivity index (χ2n) is 5.63. The lowest BCUT2D eigenvalue weighted by Crippen LogP contribution is -2.41. The molecule has 1 aromatic carbocycles. The predicted molar refractivity (Wildman–Crippen MR) is 79.7 cm³/mol. The number of piperidine rings is 1. The van der Waals surface area contributed by atoms with Gasteiger partial charge in [-0.2, -0.15) is 0 Å². The standard InChI is InChI=1S/C16H26N2O/c1-13-10-14(6-7-16(13)19-2)11-15(17)12-18-8-4-3-5-9-18/h6-7,10,15H,3-5,8-9,11-12,17H2,1-2H3. The van der Waals surface area contributed by atoms with Crippen LogP contribution in [-0.4, -0.2) is 37.7 Å². The van der Waals surface area contributed by atoms with E-state index in [1.807, 2.05) is 6.07 Å². The molecule has 1 aromatic rings. The second kappa shape index (κ2) is 6.92. The number of ether oxygens (including phenoxy) is 1. The van der Waals surface area contributed by atoms with E-state index in [2.05, 4.69) is 24.0 Å². The molecule has 106 valence electrons. The summed E-state index contributed by atoms with van der Waals surface area (Å²) in [6.07, 6.45) is 4.98. The number of nitrogens with zero attached hydrogens (tertiary/aromatic N) is 1. The van der Waals surface area contributed by atoms with E-state index in [1.165, 1.54) is 43.5 Å². The van der Waals surface area contributed by atoms with Gasteiger partial charge in [-0.1, -0.05) is 18.6 Å². The number of methoxy groups -OCH3 is 1. The van der Waals surface area contributed by atoms with Crippen molar-refractivity contribution in [2.75, 3.05) is 26.7 Å². The minimum atomic E-state index is 0.228. The molecule has 1 saturated heterocycles. The monoisotopic (exact) mass is 262 g/mol. The Bertz CT molecular complexity index is 400. The van der Waals surface area contributed by atoms with Gasteiger partial charge in [-0.15, -0.1) is 0 Å². The number of nitrogens with two attached hydrogens (primary N) is 1. The van der Waals surface area contributed by atoms with Crippen LogP contribution < -0.4 is 10.5 Å². The normalized spacial score (nSPS) is 18.3. The molecular weight excluding hydrogens is 236 g/mol. The van der Waals surface area contributed by atoms with Crippen molar-refractivity contribution in [1.82, 2.24) is 4.90 Å². The summed E-state index contributed by atoms with van der Waals surface area (Å²) in [6.45, 7) is 5.54. The van der Waals surface area contributed by atoms with Gasteiger partial charge in [0, 0.05) is 12.6 Å². The molecule has 0 amide bonds. The first-order valence-electron chi connectivity index (χ1n) is 7.30. The third-order valence-electron chi connectivity index (χ3n) is 3.90. The lowest BCUT2D eigenvalue weighted by Gasteiger charge is -2.29. The van der Waals surface area contributed by atoms with Crippen LogP contribution in [0.25, 0.3) is 0 Å². The van der Waals surface area contributed by atoms with Crippen LogP contribution in [0.2, 0.25) is 0 Å². The SMILES string of the molecule is COc1ccc(CC(N)CN2CCCCC2)cc1C. The molecule has 3 nitrogen and oxygen atoms in total. The maximum atomic E-state index is 6.28. The summed E-state index contributed by atoms with van der Waals surface area (Å²) >= 11 is 0. The van der Waals surface area contributed by atoms with Crippen LogP contribution in [-0.2, 0) is 6.42 Å². The first kappa shape index (κ1) is 14.4. The molecule has 1 unspecified atom stereocenters. The fraction of sp³-hybridized carbons (Fsp3) is 0.625. The second-order valence-corrected chi connectivity index (χ2v) is 5.63. The first-order valence-corrected chi connectivity index (χ1v) is 7.30. The summed E-state index contributed by atoms with van der Waals surface area (Å²) in [5.74, 6) is 0.952. The van der Waals surface area contributed by atoms with Gasteiger partial charge < -0.3 is 15.4 Å². The molecule has 0 bridgehead atoms. The number of hydrogen-bond acceptors (Lipinski definition) is 3. The number of likely N-dealkylation sites (tertiary alicyclic amines) is 1. The van der Waals surface area contributed by atoms with Crippen molar-refractivity contribution in [3.05, 3.63) is 29.3 Å². The first-order chi connectivity index (χ1) is 9.19. The molecule has 0 radical (unpaired) electrons. The number of aryl methyl sites for hydroxylation is 1. The van der Waals surface area contributed by atoms with Crippen LogP contribution in [0, 0.1) is 6.92 Å². The van der Waals surface area contributed by atoms with Gasteiger partial charge in [-0.25, -0.2) is 0 Å². The Labute approximate surface area is 116 Å². The molecule has 3 heteroatoms. The Morgan fingerprint density at radius 1 is 1.26 bits per heavy atom. The highest BCUT2D eigenvalue weighted by Crippen LogP contribution is 2.19. The lowest BCUT2D eigenvalue weighted by molar-refractivity contribution is 0.215. The van der Waals surface area contributed by atoms with Crippen molar-refractivity contribution in [3.8, 4) is 5.75 Å². The molecule has 1 aliphatic heterocycles. The van der Waals surface area contributed by atoms with Crippen molar-refractivity contribution >= 4 is 0 Å². The van der Waals surface area contributed by atoms with E-state index in [4.69, 9.17) is 10.5 Å². The van der Waals surface area contributed by atoms with E-state index in [0.717, 1.165) is 18.7 Å². The molecule has 0 saturated carbocycles. The van der Waals surface area contributed by atoms with Crippen LogP contribution in [0.15, 0.2) is 18.2 Å². The Hall–Kier alpha value is -1.06. The predicted octanol–water partition coefficient (Wildman–Crippen LogP) is 2.36. The molecule has 19 heavy (non-hydrogen) atoms. The fourth-order valence-electron chi connectivity index (χ4n) is 2.91. The molecule has 0 aromatic heterocycles. The largest absolute Gasteiger partial charge is 0.496 e. The maximum absolute atomic E-state index is 6.28. The molecule has 2 N–H and O–H groups in total. The number of rotatable bonds is 5. The van der Waals surface area contributed by atoms with Crippen LogP contribution in [0.3, 0.4) is 0 Å². The zero-order chi connectivity index (χ0) is 13.7. The average Bonchev–Trinajstić information content (AvgIpc) is 2.40. The van der Waals surface area contributed by atoms with Crippen molar-refractivity contribution in [2.24, 2.45) is 5.73 Å². The van der Waals surface area contributed by atoms with Gasteiger partial charge in [0.25, 0.3) is 0 Å². The quantitative estimate of drug-likeness (QED) is 0.885. The summed E-state index contributed by atoms with van der Waals surface area (Å²) in [6, 6.07) is 6.58. The summed E-state index contributed by atoms with van der Waals surface area (Å²) in [5, 5.41) is 0. The summed E-state index contributed by atoms with van der Waals surface area (Å²) < 4.78 is 5.29. The summed E-state index contributed by atoms with van der Waals surface area (Å²) in [4.78, 5) is 2.50. The van der Waals surface area contributed by atoms with E-state index in [9.17, 15) is 0 Å². The van der Waals surface area contributed by atoms with Crippen molar-refractivity contribution in [1.29, 1.82) is 0 Å². The van der Waals surface area contributed by atoms with Gasteiger partial charge in [0.15, 0.2) is 0 Å². The highest BCUT2D eigenvalue weighted by atomic mass is 16.5. The maximum Gasteiger partial charge on any atom is 0.121 e.